The molecule has 7 nitrogen and oxygen atoms in total. The van der Waals surface area contributed by atoms with Gasteiger partial charge in [0.15, 0.2) is 0 Å². The van der Waals surface area contributed by atoms with Gasteiger partial charge in [-0.3, -0.25) is 10.00 Å². The third-order valence-electron chi connectivity index (χ3n) is 4.30. The summed E-state index contributed by atoms with van der Waals surface area (Å²) in [5, 5.41) is 15.2. The van der Waals surface area contributed by atoms with Gasteiger partial charge < -0.3 is 0 Å². The molecular weight excluding hydrogens is 345 g/mol. The number of hydrogen-bond donors (Lipinski definition) is 1. The predicted molar refractivity (Wildman–Crippen MR) is 97.5 cm³/mol. The average Bonchev–Trinajstić information content (AvgIpc) is 3.36. The summed E-state index contributed by atoms with van der Waals surface area (Å²) < 4.78 is 15.4. The Labute approximate surface area is 155 Å². The smallest absolute Gasteiger partial charge is 0.148 e. The van der Waals surface area contributed by atoms with Crippen LogP contribution in [0, 0.1) is 5.82 Å². The van der Waals surface area contributed by atoms with Crippen LogP contribution in [0.2, 0.25) is 0 Å². The van der Waals surface area contributed by atoms with E-state index in [9.17, 15) is 4.39 Å². The number of aromatic amines is 1. The highest BCUT2D eigenvalue weighted by Gasteiger charge is 2.23. The van der Waals surface area contributed by atoms with E-state index in [4.69, 9.17) is 0 Å². The summed E-state index contributed by atoms with van der Waals surface area (Å²) in [6, 6.07) is 16.4. The summed E-state index contributed by atoms with van der Waals surface area (Å²) in [7, 11) is 1.97. The average molecular weight is 363 g/mol. The molecule has 4 rings (SSSR count). The van der Waals surface area contributed by atoms with Crippen molar-refractivity contribution in [2.45, 2.75) is 12.6 Å². The minimum Gasteiger partial charge on any atom is -0.287 e. The lowest BCUT2D eigenvalue weighted by Crippen LogP contribution is -2.26. The highest BCUT2D eigenvalue weighted by atomic mass is 19.1. The monoisotopic (exact) mass is 363 g/mol. The number of hydrogen-bond acceptors (Lipinski definition) is 5. The van der Waals surface area contributed by atoms with Crippen molar-refractivity contribution in [1.29, 1.82) is 0 Å². The third kappa shape index (κ3) is 3.61. The lowest BCUT2D eigenvalue weighted by atomic mass is 10.0. The molecule has 0 aliphatic heterocycles. The Morgan fingerprint density at radius 2 is 1.89 bits per heavy atom. The SMILES string of the molecule is CN(Cc1cn(-c2ccccc2F)nn1)C(c1ccccc1)c1ncn[nH]1. The normalized spacial score (nSPS) is 12.4. The molecule has 0 aliphatic rings. The molecule has 1 atom stereocenters. The second-order valence-electron chi connectivity index (χ2n) is 6.20. The number of benzene rings is 2. The highest BCUT2D eigenvalue weighted by molar-refractivity contribution is 5.32. The van der Waals surface area contributed by atoms with E-state index in [1.165, 1.54) is 17.1 Å². The minimum atomic E-state index is -0.342. The molecule has 2 aromatic carbocycles. The Morgan fingerprint density at radius 3 is 2.63 bits per heavy atom. The molecule has 1 unspecified atom stereocenters. The lowest BCUT2D eigenvalue weighted by molar-refractivity contribution is 0.258. The topological polar surface area (TPSA) is 75.5 Å². The van der Waals surface area contributed by atoms with Crippen molar-refractivity contribution in [2.75, 3.05) is 7.05 Å². The van der Waals surface area contributed by atoms with Crippen LogP contribution in [0.15, 0.2) is 67.1 Å². The van der Waals surface area contributed by atoms with E-state index >= 15 is 0 Å². The van der Waals surface area contributed by atoms with Crippen molar-refractivity contribution in [3.8, 4) is 5.69 Å². The Morgan fingerprint density at radius 1 is 1.11 bits per heavy atom. The number of rotatable bonds is 6. The summed E-state index contributed by atoms with van der Waals surface area (Å²) >= 11 is 0. The molecule has 4 aromatic rings. The zero-order valence-electron chi connectivity index (χ0n) is 14.7. The largest absolute Gasteiger partial charge is 0.287 e. The third-order valence-corrected chi connectivity index (χ3v) is 4.30. The molecule has 0 bridgehead atoms. The molecule has 27 heavy (non-hydrogen) atoms. The lowest BCUT2D eigenvalue weighted by Gasteiger charge is -2.25. The Hall–Kier alpha value is -3.39. The van der Waals surface area contributed by atoms with Crippen LogP contribution in [0.3, 0.4) is 0 Å². The molecule has 0 radical (unpaired) electrons. The van der Waals surface area contributed by atoms with Crippen LogP contribution in [0.4, 0.5) is 4.39 Å². The second-order valence-corrected chi connectivity index (χ2v) is 6.20. The Balaban J connectivity index is 1.59. The molecule has 0 fully saturated rings. The van der Waals surface area contributed by atoms with Crippen molar-refractivity contribution in [1.82, 2.24) is 35.1 Å². The molecule has 0 spiro atoms. The van der Waals surface area contributed by atoms with E-state index in [-0.39, 0.29) is 11.9 Å². The summed E-state index contributed by atoms with van der Waals surface area (Å²) in [6.07, 6.45) is 3.23. The summed E-state index contributed by atoms with van der Waals surface area (Å²) in [5.41, 5.74) is 2.17. The van der Waals surface area contributed by atoms with Crippen LogP contribution >= 0.6 is 0 Å². The fraction of sp³-hybridized carbons (Fsp3) is 0.158. The number of nitrogens with zero attached hydrogens (tertiary/aromatic N) is 6. The highest BCUT2D eigenvalue weighted by Crippen LogP contribution is 2.25. The maximum absolute atomic E-state index is 14.0. The van der Waals surface area contributed by atoms with Crippen LogP contribution in [-0.2, 0) is 6.54 Å². The van der Waals surface area contributed by atoms with Gasteiger partial charge in [0, 0.05) is 6.54 Å². The van der Waals surface area contributed by atoms with Gasteiger partial charge in [0.2, 0.25) is 0 Å². The van der Waals surface area contributed by atoms with E-state index in [0.717, 1.165) is 17.1 Å². The number of para-hydroxylation sites is 1. The van der Waals surface area contributed by atoms with Crippen LogP contribution < -0.4 is 0 Å². The van der Waals surface area contributed by atoms with Crippen molar-refractivity contribution in [3.63, 3.8) is 0 Å². The van der Waals surface area contributed by atoms with Crippen LogP contribution in [0.5, 0.6) is 0 Å². The molecule has 2 heterocycles. The molecule has 0 aliphatic carbocycles. The molecule has 136 valence electrons. The van der Waals surface area contributed by atoms with Gasteiger partial charge in [-0.15, -0.1) is 5.10 Å². The molecule has 1 N–H and O–H groups in total. The summed E-state index contributed by atoms with van der Waals surface area (Å²) in [5.74, 6) is 0.399. The van der Waals surface area contributed by atoms with Crippen LogP contribution in [-0.4, -0.2) is 42.1 Å². The van der Waals surface area contributed by atoms with E-state index in [1.54, 1.807) is 24.4 Å². The molecule has 0 saturated heterocycles. The quantitative estimate of drug-likeness (QED) is 0.570. The molecular formula is C19H18FN7. The molecule has 2 aromatic heterocycles. The first kappa shape index (κ1) is 17.0. The first-order chi connectivity index (χ1) is 13.2. The number of aromatic nitrogens is 6. The Bertz CT molecular complexity index is 998. The van der Waals surface area contributed by atoms with E-state index in [1.807, 2.05) is 37.4 Å². The number of H-pyrrole nitrogens is 1. The van der Waals surface area contributed by atoms with Gasteiger partial charge in [-0.05, 0) is 24.7 Å². The van der Waals surface area contributed by atoms with Crippen LogP contribution in [0.1, 0.15) is 23.1 Å². The first-order valence-corrected chi connectivity index (χ1v) is 8.49. The summed E-state index contributed by atoms with van der Waals surface area (Å²) in [4.78, 5) is 6.41. The van der Waals surface area contributed by atoms with Crippen LogP contribution in [0.25, 0.3) is 5.69 Å². The predicted octanol–water partition coefficient (Wildman–Crippen LogP) is 2.75. The second kappa shape index (κ2) is 7.46. The van der Waals surface area contributed by atoms with Gasteiger partial charge in [0.05, 0.1) is 17.9 Å². The molecule has 0 saturated carbocycles. The molecule has 0 amide bonds. The standard InChI is InChI=1S/C19H18FN7/c1-26(18(19-21-13-22-24-19)14-7-3-2-4-8-14)11-15-12-27(25-23-15)17-10-6-5-9-16(17)20/h2-10,12-13,18H,11H2,1H3,(H,21,22,24). The van der Waals surface area contributed by atoms with Gasteiger partial charge in [0.1, 0.15) is 23.7 Å². The number of nitrogens with one attached hydrogen (secondary N) is 1. The van der Waals surface area contributed by atoms with Crippen molar-refractivity contribution < 1.29 is 4.39 Å². The maximum Gasteiger partial charge on any atom is 0.148 e. The molecule has 8 heteroatoms. The zero-order valence-corrected chi connectivity index (χ0v) is 14.7. The van der Waals surface area contributed by atoms with Gasteiger partial charge in [-0.25, -0.2) is 14.1 Å². The van der Waals surface area contributed by atoms with Gasteiger partial charge in [-0.1, -0.05) is 47.7 Å². The number of halogens is 1. The van der Waals surface area contributed by atoms with E-state index in [2.05, 4.69) is 30.4 Å². The zero-order chi connectivity index (χ0) is 18.6. The van der Waals surface area contributed by atoms with Gasteiger partial charge in [0.25, 0.3) is 0 Å². The van der Waals surface area contributed by atoms with Gasteiger partial charge >= 0.3 is 0 Å². The van der Waals surface area contributed by atoms with Crippen molar-refractivity contribution in [2.24, 2.45) is 0 Å². The van der Waals surface area contributed by atoms with E-state index < -0.39 is 0 Å². The maximum atomic E-state index is 14.0. The van der Waals surface area contributed by atoms with E-state index in [0.29, 0.717) is 12.2 Å². The fourth-order valence-corrected chi connectivity index (χ4v) is 3.08. The van der Waals surface area contributed by atoms with Gasteiger partial charge in [-0.2, -0.15) is 5.10 Å². The minimum absolute atomic E-state index is 0.118. The summed E-state index contributed by atoms with van der Waals surface area (Å²) in [6.45, 7) is 0.509. The first-order valence-electron chi connectivity index (χ1n) is 8.49. The fourth-order valence-electron chi connectivity index (χ4n) is 3.08. The Kier molecular flexibility index (Phi) is 4.71. The van der Waals surface area contributed by atoms with Crippen molar-refractivity contribution >= 4 is 0 Å². The van der Waals surface area contributed by atoms with Crippen molar-refractivity contribution in [3.05, 3.63) is 90.0 Å².